The van der Waals surface area contributed by atoms with Gasteiger partial charge in [0.05, 0.1) is 13.0 Å². The molecule has 1 aliphatic rings. The number of benzene rings is 1. The van der Waals surface area contributed by atoms with E-state index in [0.29, 0.717) is 18.9 Å². The number of piperidine rings is 1. The van der Waals surface area contributed by atoms with Crippen molar-refractivity contribution in [2.75, 3.05) is 25.1 Å². The van der Waals surface area contributed by atoms with Crippen LogP contribution >= 0.6 is 0 Å². The molecule has 1 saturated heterocycles. The zero-order chi connectivity index (χ0) is 20.9. The molecule has 0 bridgehead atoms. The fraction of sp³-hybridized carbons (Fsp3) is 0.455. The Morgan fingerprint density at radius 2 is 2.20 bits per heavy atom. The van der Waals surface area contributed by atoms with Crippen molar-refractivity contribution in [3.8, 4) is 5.75 Å². The van der Waals surface area contributed by atoms with Gasteiger partial charge in [-0.15, -0.1) is 0 Å². The molecule has 3 aromatic rings. The van der Waals surface area contributed by atoms with Gasteiger partial charge >= 0.3 is 0 Å². The van der Waals surface area contributed by atoms with Gasteiger partial charge in [-0.2, -0.15) is 14.6 Å². The molecular weight excluding hydrogens is 380 g/mol. The van der Waals surface area contributed by atoms with E-state index >= 15 is 0 Å². The van der Waals surface area contributed by atoms with E-state index in [9.17, 15) is 4.79 Å². The van der Waals surface area contributed by atoms with Gasteiger partial charge in [-0.25, -0.2) is 4.98 Å². The maximum Gasteiger partial charge on any atom is 0.254 e. The summed E-state index contributed by atoms with van der Waals surface area (Å²) in [4.78, 5) is 24.0. The van der Waals surface area contributed by atoms with E-state index in [1.807, 2.05) is 24.3 Å². The molecule has 1 fully saturated rings. The van der Waals surface area contributed by atoms with Crippen LogP contribution in [0.25, 0.3) is 5.78 Å². The fourth-order valence-electron chi connectivity index (χ4n) is 4.03. The Bertz CT molecular complexity index is 1020. The van der Waals surface area contributed by atoms with Crippen molar-refractivity contribution in [2.24, 2.45) is 5.92 Å². The van der Waals surface area contributed by atoms with Crippen molar-refractivity contribution in [3.63, 3.8) is 0 Å². The first-order valence-electron chi connectivity index (χ1n) is 10.5. The lowest BCUT2D eigenvalue weighted by Crippen LogP contribution is -2.43. The predicted octanol–water partition coefficient (Wildman–Crippen LogP) is 2.62. The molecule has 1 aliphatic heterocycles. The number of hydrogen-bond donors (Lipinski definition) is 1. The summed E-state index contributed by atoms with van der Waals surface area (Å²) < 4.78 is 7.15. The van der Waals surface area contributed by atoms with Crippen LogP contribution in [0.15, 0.2) is 36.7 Å². The third kappa shape index (κ3) is 4.22. The van der Waals surface area contributed by atoms with Crippen LogP contribution in [0.1, 0.15) is 37.4 Å². The Morgan fingerprint density at radius 3 is 3.03 bits per heavy atom. The lowest BCUT2D eigenvalue weighted by Gasteiger charge is -2.33. The number of rotatable bonds is 7. The standard InChI is InChI=1S/C22H28N6O2/c1-3-7-18-12-20(28-22(26-18)24-15-25-28)27-11-6-9-17(14-27)21(29)23-13-16-8-4-5-10-19(16)30-2/h4-5,8,10,12,15,17H,3,6-7,9,11,13-14H2,1-2H3,(H,23,29). The topological polar surface area (TPSA) is 84.7 Å². The fourth-order valence-corrected chi connectivity index (χ4v) is 4.03. The molecule has 1 aromatic carbocycles. The van der Waals surface area contributed by atoms with Crippen LogP contribution in [0.5, 0.6) is 5.75 Å². The van der Waals surface area contributed by atoms with Gasteiger partial charge < -0.3 is 15.0 Å². The van der Waals surface area contributed by atoms with Crippen LogP contribution < -0.4 is 15.0 Å². The average Bonchev–Trinajstić information content (AvgIpc) is 3.26. The number of carbonyl (C=O) groups is 1. The second kappa shape index (κ2) is 9.11. The van der Waals surface area contributed by atoms with Crippen molar-refractivity contribution < 1.29 is 9.53 Å². The molecule has 4 rings (SSSR count). The molecule has 1 unspecified atom stereocenters. The number of hydrogen-bond acceptors (Lipinski definition) is 6. The second-order valence-electron chi connectivity index (χ2n) is 7.64. The quantitative estimate of drug-likeness (QED) is 0.647. The number of fused-ring (bicyclic) bond motifs is 1. The molecule has 0 radical (unpaired) electrons. The Labute approximate surface area is 176 Å². The number of nitrogens with zero attached hydrogens (tertiary/aromatic N) is 5. The number of nitrogens with one attached hydrogen (secondary N) is 1. The maximum absolute atomic E-state index is 12.9. The van der Waals surface area contributed by atoms with Gasteiger partial charge in [0.2, 0.25) is 5.91 Å². The van der Waals surface area contributed by atoms with Crippen LogP contribution in [0.3, 0.4) is 0 Å². The molecule has 158 valence electrons. The van der Waals surface area contributed by atoms with E-state index in [0.717, 1.165) is 55.1 Å². The summed E-state index contributed by atoms with van der Waals surface area (Å²) in [5.41, 5.74) is 1.99. The summed E-state index contributed by atoms with van der Waals surface area (Å²) in [6.07, 6.45) is 5.27. The van der Waals surface area contributed by atoms with Crippen LogP contribution in [0.2, 0.25) is 0 Å². The largest absolute Gasteiger partial charge is 0.496 e. The smallest absolute Gasteiger partial charge is 0.254 e. The van der Waals surface area contributed by atoms with Crippen molar-refractivity contribution in [2.45, 2.75) is 39.2 Å². The summed E-state index contributed by atoms with van der Waals surface area (Å²) in [7, 11) is 1.64. The summed E-state index contributed by atoms with van der Waals surface area (Å²) in [6.45, 7) is 4.14. The SMILES string of the molecule is CCCc1cc(N2CCCC(C(=O)NCc3ccccc3OC)C2)n2ncnc2n1. The molecule has 30 heavy (non-hydrogen) atoms. The molecule has 8 heteroatoms. The van der Waals surface area contributed by atoms with Crippen molar-refractivity contribution in [1.29, 1.82) is 0 Å². The Hall–Kier alpha value is -3.16. The molecule has 1 atom stereocenters. The first-order chi connectivity index (χ1) is 14.7. The summed E-state index contributed by atoms with van der Waals surface area (Å²) in [6, 6.07) is 9.84. The van der Waals surface area contributed by atoms with Gasteiger partial charge in [0.25, 0.3) is 5.78 Å². The van der Waals surface area contributed by atoms with Crippen molar-refractivity contribution in [1.82, 2.24) is 24.9 Å². The number of para-hydroxylation sites is 1. The van der Waals surface area contributed by atoms with Gasteiger partial charge in [0.15, 0.2) is 0 Å². The molecule has 1 amide bonds. The lowest BCUT2D eigenvalue weighted by atomic mass is 9.97. The average molecular weight is 409 g/mol. The highest BCUT2D eigenvalue weighted by atomic mass is 16.5. The van der Waals surface area contributed by atoms with Gasteiger partial charge in [0, 0.05) is 37.0 Å². The van der Waals surface area contributed by atoms with E-state index in [2.05, 4.69) is 38.3 Å². The summed E-state index contributed by atoms with van der Waals surface area (Å²) in [5.74, 6) is 2.36. The summed E-state index contributed by atoms with van der Waals surface area (Å²) >= 11 is 0. The molecular formula is C22H28N6O2. The molecule has 0 aliphatic carbocycles. The molecule has 8 nitrogen and oxygen atoms in total. The molecule has 2 aromatic heterocycles. The van der Waals surface area contributed by atoms with Crippen LogP contribution in [0.4, 0.5) is 5.82 Å². The third-order valence-electron chi connectivity index (χ3n) is 5.55. The molecule has 1 N–H and O–H groups in total. The van der Waals surface area contributed by atoms with Crippen LogP contribution in [0, 0.1) is 5.92 Å². The monoisotopic (exact) mass is 408 g/mol. The third-order valence-corrected chi connectivity index (χ3v) is 5.55. The molecule has 0 spiro atoms. The van der Waals surface area contributed by atoms with Crippen LogP contribution in [-0.4, -0.2) is 45.7 Å². The van der Waals surface area contributed by atoms with Gasteiger partial charge in [-0.1, -0.05) is 31.5 Å². The minimum Gasteiger partial charge on any atom is -0.496 e. The Kier molecular flexibility index (Phi) is 6.11. The zero-order valence-electron chi connectivity index (χ0n) is 17.5. The highest BCUT2D eigenvalue weighted by Crippen LogP contribution is 2.25. The van der Waals surface area contributed by atoms with Gasteiger partial charge in [-0.3, -0.25) is 4.79 Å². The second-order valence-corrected chi connectivity index (χ2v) is 7.64. The predicted molar refractivity (Wildman–Crippen MR) is 115 cm³/mol. The zero-order valence-corrected chi connectivity index (χ0v) is 17.5. The minimum atomic E-state index is -0.0742. The first kappa shape index (κ1) is 20.1. The maximum atomic E-state index is 12.9. The highest BCUT2D eigenvalue weighted by Gasteiger charge is 2.27. The normalized spacial score (nSPS) is 16.6. The lowest BCUT2D eigenvalue weighted by molar-refractivity contribution is -0.125. The highest BCUT2D eigenvalue weighted by molar-refractivity contribution is 5.79. The number of anilines is 1. The Balaban J connectivity index is 1.47. The van der Waals surface area contributed by atoms with E-state index in [1.165, 1.54) is 6.33 Å². The van der Waals surface area contributed by atoms with Gasteiger partial charge in [-0.05, 0) is 25.3 Å². The van der Waals surface area contributed by atoms with Crippen LogP contribution in [-0.2, 0) is 17.8 Å². The number of amides is 1. The number of ether oxygens (including phenoxy) is 1. The summed E-state index contributed by atoms with van der Waals surface area (Å²) in [5, 5.41) is 7.43. The minimum absolute atomic E-state index is 0.0725. The number of methoxy groups -OCH3 is 1. The van der Waals surface area contributed by atoms with E-state index in [4.69, 9.17) is 4.74 Å². The Morgan fingerprint density at radius 1 is 1.33 bits per heavy atom. The molecule has 3 heterocycles. The first-order valence-corrected chi connectivity index (χ1v) is 10.5. The van der Waals surface area contributed by atoms with E-state index in [-0.39, 0.29) is 11.8 Å². The van der Waals surface area contributed by atoms with Crippen molar-refractivity contribution in [3.05, 3.63) is 47.9 Å². The van der Waals surface area contributed by atoms with Gasteiger partial charge in [0.1, 0.15) is 17.9 Å². The van der Waals surface area contributed by atoms with E-state index in [1.54, 1.807) is 11.6 Å². The van der Waals surface area contributed by atoms with E-state index < -0.39 is 0 Å². The molecule has 0 saturated carbocycles. The number of carbonyl (C=O) groups excluding carboxylic acids is 1. The number of aryl methyl sites for hydroxylation is 1. The van der Waals surface area contributed by atoms with Crippen molar-refractivity contribution >= 4 is 17.5 Å². The number of aromatic nitrogens is 4.